The summed E-state index contributed by atoms with van der Waals surface area (Å²) in [5.74, 6) is -3.08. The predicted octanol–water partition coefficient (Wildman–Crippen LogP) is 5.06. The minimum atomic E-state index is -1.20. The van der Waals surface area contributed by atoms with Crippen LogP contribution < -0.4 is 5.32 Å². The highest BCUT2D eigenvalue weighted by Gasteiger charge is 2.20. The maximum absolute atomic E-state index is 14.0. The molecule has 0 aliphatic rings. The first-order chi connectivity index (χ1) is 9.93. The van der Waals surface area contributed by atoms with Crippen molar-refractivity contribution in [1.29, 1.82) is 0 Å². The Labute approximate surface area is 139 Å². The van der Waals surface area contributed by atoms with E-state index in [1.165, 1.54) is 0 Å². The highest BCUT2D eigenvalue weighted by atomic mass is 127. The summed E-state index contributed by atoms with van der Waals surface area (Å²) in [4.78, 5) is 0. The first-order valence-corrected chi connectivity index (χ1v) is 7.72. The second-order valence-corrected chi connectivity index (χ2v) is 6.02. The Morgan fingerprint density at radius 1 is 1.10 bits per heavy atom. The number of hydrogen-bond acceptors (Lipinski definition) is 1. The summed E-state index contributed by atoms with van der Waals surface area (Å²) >= 11 is 8.16. The molecule has 1 unspecified atom stereocenters. The van der Waals surface area contributed by atoms with Crippen LogP contribution in [0, 0.1) is 21.0 Å². The van der Waals surface area contributed by atoms with Crippen molar-refractivity contribution >= 4 is 34.2 Å². The summed E-state index contributed by atoms with van der Waals surface area (Å²) in [5.41, 5.74) is 0.736. The van der Waals surface area contributed by atoms with Gasteiger partial charge in [-0.25, -0.2) is 13.2 Å². The van der Waals surface area contributed by atoms with Crippen LogP contribution in [0.2, 0.25) is 5.02 Å². The van der Waals surface area contributed by atoms with E-state index in [1.54, 1.807) is 18.2 Å². The Morgan fingerprint density at radius 3 is 2.38 bits per heavy atom. The Kier molecular flexibility index (Phi) is 5.51. The highest BCUT2D eigenvalue weighted by Crippen LogP contribution is 2.29. The molecule has 0 saturated heterocycles. The molecular formula is C15H12ClF3IN. The fourth-order valence-electron chi connectivity index (χ4n) is 2.06. The highest BCUT2D eigenvalue weighted by molar-refractivity contribution is 14.1. The maximum atomic E-state index is 14.0. The molecule has 1 N–H and O–H groups in total. The van der Waals surface area contributed by atoms with Gasteiger partial charge in [0, 0.05) is 15.2 Å². The molecule has 0 aromatic heterocycles. The Hall–Kier alpha value is -0.790. The Balaban J connectivity index is 2.52. The van der Waals surface area contributed by atoms with Crippen molar-refractivity contribution in [1.82, 2.24) is 5.32 Å². The zero-order valence-electron chi connectivity index (χ0n) is 11.1. The average Bonchev–Trinajstić information content (AvgIpc) is 2.44. The van der Waals surface area contributed by atoms with E-state index in [1.807, 2.05) is 6.92 Å². The molecule has 2 aromatic carbocycles. The van der Waals surface area contributed by atoms with Crippen LogP contribution in [0.25, 0.3) is 0 Å². The van der Waals surface area contributed by atoms with Crippen molar-refractivity contribution in [2.24, 2.45) is 0 Å². The Bertz CT molecular complexity index is 664. The number of rotatable bonds is 4. The number of hydrogen-bond donors (Lipinski definition) is 1. The number of halogens is 5. The van der Waals surface area contributed by atoms with E-state index in [0.717, 1.165) is 9.64 Å². The van der Waals surface area contributed by atoms with Gasteiger partial charge in [0.05, 0.1) is 11.1 Å². The summed E-state index contributed by atoms with van der Waals surface area (Å²) in [6.07, 6.45) is 0. The van der Waals surface area contributed by atoms with Crippen LogP contribution in [-0.2, 0) is 0 Å². The third-order valence-corrected chi connectivity index (χ3v) is 4.61. The number of benzene rings is 2. The molecule has 0 radical (unpaired) electrons. The van der Waals surface area contributed by atoms with Crippen molar-refractivity contribution in [3.05, 3.63) is 67.5 Å². The van der Waals surface area contributed by atoms with Crippen LogP contribution >= 0.6 is 34.2 Å². The smallest absolute Gasteiger partial charge is 0.161 e. The summed E-state index contributed by atoms with van der Waals surface area (Å²) in [5, 5.41) is 3.59. The van der Waals surface area contributed by atoms with Crippen LogP contribution in [0.4, 0.5) is 13.2 Å². The van der Waals surface area contributed by atoms with Gasteiger partial charge in [-0.1, -0.05) is 24.6 Å². The van der Waals surface area contributed by atoms with Crippen molar-refractivity contribution in [2.75, 3.05) is 6.54 Å². The average molecular weight is 426 g/mol. The van der Waals surface area contributed by atoms with Gasteiger partial charge < -0.3 is 5.32 Å². The summed E-state index contributed by atoms with van der Waals surface area (Å²) in [6.45, 7) is 2.38. The van der Waals surface area contributed by atoms with Crippen molar-refractivity contribution < 1.29 is 13.2 Å². The molecule has 1 atom stereocenters. The molecule has 0 aliphatic heterocycles. The van der Waals surface area contributed by atoms with Gasteiger partial charge >= 0.3 is 0 Å². The molecule has 2 rings (SSSR count). The predicted molar refractivity (Wildman–Crippen MR) is 86.0 cm³/mol. The second kappa shape index (κ2) is 6.98. The van der Waals surface area contributed by atoms with Crippen LogP contribution in [0.5, 0.6) is 0 Å². The molecule has 0 amide bonds. The maximum Gasteiger partial charge on any atom is 0.161 e. The fraction of sp³-hybridized carbons (Fsp3) is 0.200. The largest absolute Gasteiger partial charge is 0.306 e. The molecule has 0 spiro atoms. The van der Waals surface area contributed by atoms with E-state index in [9.17, 15) is 13.2 Å². The lowest BCUT2D eigenvalue weighted by Gasteiger charge is -2.20. The third-order valence-electron chi connectivity index (χ3n) is 3.04. The van der Waals surface area contributed by atoms with Gasteiger partial charge in [0.15, 0.2) is 11.6 Å². The monoisotopic (exact) mass is 425 g/mol. The molecule has 0 saturated carbocycles. The first-order valence-electron chi connectivity index (χ1n) is 6.26. The van der Waals surface area contributed by atoms with Crippen molar-refractivity contribution in [3.8, 4) is 0 Å². The van der Waals surface area contributed by atoms with Gasteiger partial charge in [-0.2, -0.15) is 0 Å². The molecule has 112 valence electrons. The van der Waals surface area contributed by atoms with E-state index in [-0.39, 0.29) is 5.56 Å². The molecule has 0 bridgehead atoms. The van der Waals surface area contributed by atoms with Crippen molar-refractivity contribution in [2.45, 2.75) is 13.0 Å². The van der Waals surface area contributed by atoms with E-state index in [4.69, 9.17) is 11.6 Å². The standard InChI is InChI=1S/C15H12ClF3IN/c1-2-21-15(8-3-4-14(20)10(16)5-8)9-6-12(18)13(19)7-11(9)17/h3-7,15,21H,2H2,1H3. The first kappa shape index (κ1) is 16.6. The van der Waals surface area contributed by atoms with E-state index in [2.05, 4.69) is 27.9 Å². The zero-order chi connectivity index (χ0) is 15.6. The van der Waals surface area contributed by atoms with Crippen molar-refractivity contribution in [3.63, 3.8) is 0 Å². The van der Waals surface area contributed by atoms with E-state index < -0.39 is 23.5 Å². The SMILES string of the molecule is CCNC(c1ccc(I)c(Cl)c1)c1cc(F)c(F)cc1F. The summed E-state index contributed by atoms with van der Waals surface area (Å²) < 4.78 is 41.3. The molecule has 0 aliphatic carbocycles. The Morgan fingerprint density at radius 2 is 1.76 bits per heavy atom. The number of nitrogens with one attached hydrogen (secondary N) is 1. The quantitative estimate of drug-likeness (QED) is 0.533. The molecule has 2 aromatic rings. The van der Waals surface area contributed by atoms with Crippen LogP contribution in [0.3, 0.4) is 0 Å². The molecule has 6 heteroatoms. The van der Waals surface area contributed by atoms with E-state index in [0.29, 0.717) is 23.2 Å². The molecule has 21 heavy (non-hydrogen) atoms. The zero-order valence-corrected chi connectivity index (χ0v) is 14.0. The summed E-state index contributed by atoms with van der Waals surface area (Å²) in [6, 6.07) is 6.10. The van der Waals surface area contributed by atoms with Crippen LogP contribution in [0.15, 0.2) is 30.3 Å². The lowest BCUT2D eigenvalue weighted by atomic mass is 9.98. The lowest BCUT2D eigenvalue weighted by Crippen LogP contribution is -2.23. The van der Waals surface area contributed by atoms with Gasteiger partial charge in [0.25, 0.3) is 0 Å². The van der Waals surface area contributed by atoms with Crippen LogP contribution in [0.1, 0.15) is 24.1 Å². The summed E-state index contributed by atoms with van der Waals surface area (Å²) in [7, 11) is 0. The lowest BCUT2D eigenvalue weighted by molar-refractivity contribution is 0.481. The normalized spacial score (nSPS) is 12.5. The fourth-order valence-corrected chi connectivity index (χ4v) is 2.59. The van der Waals surface area contributed by atoms with Gasteiger partial charge in [0.1, 0.15) is 5.82 Å². The minimum Gasteiger partial charge on any atom is -0.306 e. The van der Waals surface area contributed by atoms with E-state index >= 15 is 0 Å². The molecule has 0 fully saturated rings. The van der Waals surface area contributed by atoms with Gasteiger partial charge in [-0.05, 0) is 52.9 Å². The van der Waals surface area contributed by atoms with Gasteiger partial charge in [-0.3, -0.25) is 0 Å². The van der Waals surface area contributed by atoms with Gasteiger partial charge in [0.2, 0.25) is 0 Å². The third kappa shape index (κ3) is 3.70. The topological polar surface area (TPSA) is 12.0 Å². The second-order valence-electron chi connectivity index (χ2n) is 4.45. The van der Waals surface area contributed by atoms with Crippen LogP contribution in [-0.4, -0.2) is 6.54 Å². The molecular weight excluding hydrogens is 414 g/mol. The molecule has 1 nitrogen and oxygen atoms in total. The minimum absolute atomic E-state index is 0.0491. The van der Waals surface area contributed by atoms with Gasteiger partial charge in [-0.15, -0.1) is 0 Å². The molecule has 0 heterocycles.